The topological polar surface area (TPSA) is 75.4 Å². The van der Waals surface area contributed by atoms with Crippen molar-refractivity contribution in [3.8, 4) is 0 Å². The number of rotatable bonds is 7. The molecule has 0 heterocycles. The lowest BCUT2D eigenvalue weighted by molar-refractivity contribution is -0.385. The highest BCUT2D eigenvalue weighted by Crippen LogP contribution is 2.16. The summed E-state index contributed by atoms with van der Waals surface area (Å²) in [6.07, 6.45) is 1.52. The average Bonchev–Trinajstić information content (AvgIpc) is 2.28. The fourth-order valence-corrected chi connectivity index (χ4v) is 1.44. The molecular weight excluding hydrogens is 227 g/mol. The van der Waals surface area contributed by atoms with Gasteiger partial charge in [0.15, 0.2) is 0 Å². The molecule has 5 nitrogen and oxygen atoms in total. The highest BCUT2D eigenvalue weighted by molar-refractivity contribution is 5.35. The first-order valence-electron chi connectivity index (χ1n) is 5.39. The summed E-state index contributed by atoms with van der Waals surface area (Å²) < 4.78 is 13.1. The van der Waals surface area contributed by atoms with Gasteiger partial charge in [0.25, 0.3) is 5.69 Å². The molecule has 1 aromatic carbocycles. The SMILES string of the molecule is O=[N+]([O-])c1cc(F)cc(CNCCCCO)c1. The van der Waals surface area contributed by atoms with Crippen LogP contribution in [0.3, 0.4) is 0 Å². The van der Waals surface area contributed by atoms with Crippen molar-refractivity contribution in [2.45, 2.75) is 19.4 Å². The summed E-state index contributed by atoms with van der Waals surface area (Å²) in [7, 11) is 0. The van der Waals surface area contributed by atoms with Crippen molar-refractivity contribution >= 4 is 5.69 Å². The van der Waals surface area contributed by atoms with Gasteiger partial charge in [-0.05, 0) is 31.0 Å². The minimum Gasteiger partial charge on any atom is -0.396 e. The summed E-state index contributed by atoms with van der Waals surface area (Å²) in [4.78, 5) is 9.90. The molecule has 0 atom stereocenters. The van der Waals surface area contributed by atoms with E-state index in [2.05, 4.69) is 5.32 Å². The van der Waals surface area contributed by atoms with E-state index in [-0.39, 0.29) is 12.3 Å². The molecule has 2 N–H and O–H groups in total. The van der Waals surface area contributed by atoms with E-state index in [1.165, 1.54) is 12.1 Å². The Balaban J connectivity index is 2.50. The van der Waals surface area contributed by atoms with Crippen LogP contribution >= 0.6 is 0 Å². The van der Waals surface area contributed by atoms with E-state index >= 15 is 0 Å². The maximum absolute atomic E-state index is 13.1. The van der Waals surface area contributed by atoms with Crippen molar-refractivity contribution in [2.75, 3.05) is 13.2 Å². The predicted octanol–water partition coefficient (Wildman–Crippen LogP) is 1.60. The highest BCUT2D eigenvalue weighted by Gasteiger charge is 2.09. The van der Waals surface area contributed by atoms with Gasteiger partial charge in [-0.2, -0.15) is 0 Å². The van der Waals surface area contributed by atoms with Crippen LogP contribution in [0.25, 0.3) is 0 Å². The van der Waals surface area contributed by atoms with E-state index in [9.17, 15) is 14.5 Å². The normalized spacial score (nSPS) is 10.5. The second kappa shape index (κ2) is 6.93. The molecule has 0 bridgehead atoms. The Morgan fingerprint density at radius 3 is 2.76 bits per heavy atom. The van der Waals surface area contributed by atoms with Crippen LogP contribution in [0.4, 0.5) is 10.1 Å². The molecule has 1 rings (SSSR count). The van der Waals surface area contributed by atoms with E-state index in [0.717, 1.165) is 12.5 Å². The van der Waals surface area contributed by atoms with Crippen LogP contribution in [0.15, 0.2) is 18.2 Å². The van der Waals surface area contributed by atoms with Crippen molar-refractivity contribution in [2.24, 2.45) is 0 Å². The first-order valence-corrected chi connectivity index (χ1v) is 5.39. The summed E-state index contributed by atoms with van der Waals surface area (Å²) in [6.45, 7) is 1.21. The molecule has 0 saturated heterocycles. The fourth-order valence-electron chi connectivity index (χ4n) is 1.44. The zero-order chi connectivity index (χ0) is 12.7. The monoisotopic (exact) mass is 242 g/mol. The van der Waals surface area contributed by atoms with Gasteiger partial charge in [-0.25, -0.2) is 4.39 Å². The summed E-state index contributed by atoms with van der Waals surface area (Å²) in [5, 5.41) is 22.1. The van der Waals surface area contributed by atoms with Crippen molar-refractivity contribution in [1.29, 1.82) is 0 Å². The third-order valence-corrected chi connectivity index (χ3v) is 2.24. The van der Waals surface area contributed by atoms with Crippen molar-refractivity contribution < 1.29 is 14.4 Å². The predicted molar refractivity (Wildman–Crippen MR) is 61.1 cm³/mol. The van der Waals surface area contributed by atoms with Gasteiger partial charge in [-0.15, -0.1) is 0 Å². The molecule has 17 heavy (non-hydrogen) atoms. The van der Waals surface area contributed by atoms with Gasteiger partial charge in [-0.3, -0.25) is 10.1 Å². The highest BCUT2D eigenvalue weighted by atomic mass is 19.1. The number of benzene rings is 1. The first kappa shape index (κ1) is 13.5. The van der Waals surface area contributed by atoms with E-state index in [4.69, 9.17) is 5.11 Å². The number of nitro groups is 1. The van der Waals surface area contributed by atoms with E-state index in [0.29, 0.717) is 25.1 Å². The Kier molecular flexibility index (Phi) is 5.51. The maximum Gasteiger partial charge on any atom is 0.272 e. The lowest BCUT2D eigenvalue weighted by Gasteiger charge is -2.04. The molecule has 6 heteroatoms. The number of aliphatic hydroxyl groups excluding tert-OH is 1. The van der Waals surface area contributed by atoms with Crippen LogP contribution in [0.2, 0.25) is 0 Å². The molecule has 0 radical (unpaired) electrons. The summed E-state index contributed by atoms with van der Waals surface area (Å²) in [5.74, 6) is -0.605. The van der Waals surface area contributed by atoms with Crippen LogP contribution in [-0.4, -0.2) is 23.2 Å². The van der Waals surface area contributed by atoms with E-state index in [1.807, 2.05) is 0 Å². The number of hydrogen-bond donors (Lipinski definition) is 2. The quantitative estimate of drug-likeness (QED) is 0.432. The van der Waals surface area contributed by atoms with Gasteiger partial charge in [0.2, 0.25) is 0 Å². The second-order valence-corrected chi connectivity index (χ2v) is 3.68. The van der Waals surface area contributed by atoms with Crippen LogP contribution in [-0.2, 0) is 6.54 Å². The first-order chi connectivity index (χ1) is 8.13. The van der Waals surface area contributed by atoms with E-state index < -0.39 is 10.7 Å². The Hall–Kier alpha value is -1.53. The van der Waals surface area contributed by atoms with Crippen LogP contribution < -0.4 is 5.32 Å². The summed E-state index contributed by atoms with van der Waals surface area (Å²) >= 11 is 0. The van der Waals surface area contributed by atoms with Gasteiger partial charge >= 0.3 is 0 Å². The van der Waals surface area contributed by atoms with Gasteiger partial charge < -0.3 is 10.4 Å². The number of hydrogen-bond acceptors (Lipinski definition) is 4. The van der Waals surface area contributed by atoms with Gasteiger partial charge in [0, 0.05) is 19.2 Å². The fraction of sp³-hybridized carbons (Fsp3) is 0.455. The molecule has 94 valence electrons. The molecule has 0 aliphatic carbocycles. The third kappa shape index (κ3) is 4.88. The number of aliphatic hydroxyl groups is 1. The largest absolute Gasteiger partial charge is 0.396 e. The van der Waals surface area contributed by atoms with Crippen LogP contribution in [0.5, 0.6) is 0 Å². The molecule has 0 spiro atoms. The average molecular weight is 242 g/mol. The summed E-state index contributed by atoms with van der Waals surface area (Å²) in [5.41, 5.74) is 0.304. The maximum atomic E-state index is 13.1. The van der Waals surface area contributed by atoms with E-state index in [1.54, 1.807) is 0 Å². The third-order valence-electron chi connectivity index (χ3n) is 2.24. The van der Waals surface area contributed by atoms with Crippen molar-refractivity contribution in [1.82, 2.24) is 5.32 Å². The Bertz CT molecular complexity index is 385. The Morgan fingerprint density at radius 2 is 2.12 bits per heavy atom. The molecule has 0 fully saturated rings. The van der Waals surface area contributed by atoms with Crippen molar-refractivity contribution in [3.63, 3.8) is 0 Å². The summed E-state index contributed by atoms with van der Waals surface area (Å²) in [6, 6.07) is 3.52. The zero-order valence-corrected chi connectivity index (χ0v) is 9.36. The number of halogens is 1. The number of unbranched alkanes of at least 4 members (excludes halogenated alkanes) is 1. The minimum atomic E-state index is -0.613. The smallest absolute Gasteiger partial charge is 0.272 e. The molecule has 0 aromatic heterocycles. The second-order valence-electron chi connectivity index (χ2n) is 3.68. The molecule has 0 aliphatic rings. The number of non-ortho nitro benzene ring substituents is 1. The number of nitrogens with zero attached hydrogens (tertiary/aromatic N) is 1. The molecular formula is C11H15FN2O3. The molecule has 1 aromatic rings. The zero-order valence-electron chi connectivity index (χ0n) is 9.36. The molecule has 0 aliphatic heterocycles. The number of nitrogens with one attached hydrogen (secondary N) is 1. The number of nitro benzene ring substituents is 1. The lowest BCUT2D eigenvalue weighted by Crippen LogP contribution is -2.15. The van der Waals surface area contributed by atoms with Crippen LogP contribution in [0, 0.1) is 15.9 Å². The molecule has 0 unspecified atom stereocenters. The van der Waals surface area contributed by atoms with Crippen LogP contribution in [0.1, 0.15) is 18.4 Å². The van der Waals surface area contributed by atoms with Gasteiger partial charge in [0.05, 0.1) is 11.0 Å². The standard InChI is InChI=1S/C11H15FN2O3/c12-10-5-9(6-11(7-10)14(16)17)8-13-3-1-2-4-15/h5-7,13,15H,1-4,8H2. The van der Waals surface area contributed by atoms with Crippen molar-refractivity contribution in [3.05, 3.63) is 39.7 Å². The lowest BCUT2D eigenvalue weighted by atomic mass is 10.2. The van der Waals surface area contributed by atoms with Gasteiger partial charge in [0.1, 0.15) is 5.82 Å². The van der Waals surface area contributed by atoms with Gasteiger partial charge in [-0.1, -0.05) is 0 Å². The Morgan fingerprint density at radius 1 is 1.35 bits per heavy atom. The molecule has 0 amide bonds. The molecule has 0 saturated carbocycles. The minimum absolute atomic E-state index is 0.146. The Labute approximate surface area is 98.4 Å².